The van der Waals surface area contributed by atoms with E-state index in [1.165, 1.54) is 25.7 Å². The van der Waals surface area contributed by atoms with E-state index in [2.05, 4.69) is 11.4 Å². The molecule has 3 rings (SSSR count). The predicted molar refractivity (Wildman–Crippen MR) is 64.5 cm³/mol. The molecule has 0 bridgehead atoms. The first-order valence-electron chi connectivity index (χ1n) is 6.00. The van der Waals surface area contributed by atoms with Crippen molar-refractivity contribution in [3.8, 4) is 0 Å². The van der Waals surface area contributed by atoms with Gasteiger partial charge >= 0.3 is 0 Å². The largest absolute Gasteiger partial charge is 0.354 e. The molecule has 2 fully saturated rings. The van der Waals surface area contributed by atoms with Crippen molar-refractivity contribution < 1.29 is 4.74 Å². The van der Waals surface area contributed by atoms with Crippen molar-refractivity contribution in [1.29, 1.82) is 0 Å². The summed E-state index contributed by atoms with van der Waals surface area (Å²) >= 11 is 5.99. The minimum absolute atomic E-state index is 0.0341. The Balaban J connectivity index is 1.77. The fourth-order valence-electron chi connectivity index (χ4n) is 2.70. The van der Waals surface area contributed by atoms with Crippen molar-refractivity contribution in [1.82, 2.24) is 5.32 Å². The minimum Gasteiger partial charge on any atom is -0.354 e. The molecule has 0 aromatic heterocycles. The van der Waals surface area contributed by atoms with E-state index in [0.717, 1.165) is 10.6 Å². The molecule has 86 valence electrons. The van der Waals surface area contributed by atoms with Crippen LogP contribution in [0, 0.1) is 0 Å². The lowest BCUT2D eigenvalue weighted by atomic mass is 9.93. The number of benzene rings is 1. The zero-order valence-corrected chi connectivity index (χ0v) is 9.91. The van der Waals surface area contributed by atoms with Crippen LogP contribution in [0.15, 0.2) is 24.3 Å². The summed E-state index contributed by atoms with van der Waals surface area (Å²) in [6.45, 7) is 0. The lowest BCUT2D eigenvalue weighted by molar-refractivity contribution is 0.0246. The third-order valence-corrected chi connectivity index (χ3v) is 3.77. The zero-order valence-electron chi connectivity index (χ0n) is 9.16. The van der Waals surface area contributed by atoms with E-state index in [1.807, 2.05) is 18.2 Å². The molecule has 1 saturated carbocycles. The van der Waals surface area contributed by atoms with Gasteiger partial charge in [-0.25, -0.2) is 0 Å². The van der Waals surface area contributed by atoms with Crippen molar-refractivity contribution in [3.05, 3.63) is 34.9 Å². The normalized spacial score (nSPS) is 33.7. The monoisotopic (exact) mass is 237 g/mol. The summed E-state index contributed by atoms with van der Waals surface area (Å²) in [5.74, 6) is 0. The first-order valence-corrected chi connectivity index (χ1v) is 6.38. The van der Waals surface area contributed by atoms with Gasteiger partial charge in [-0.3, -0.25) is 5.32 Å². The Hall–Kier alpha value is -0.570. The van der Waals surface area contributed by atoms with E-state index in [-0.39, 0.29) is 6.23 Å². The van der Waals surface area contributed by atoms with Crippen LogP contribution in [-0.2, 0) is 4.74 Å². The van der Waals surface area contributed by atoms with Gasteiger partial charge in [-0.15, -0.1) is 0 Å². The standard InChI is InChI=1S/C13H16ClNO/c14-10-5-3-4-9(8-10)13-15-11-6-1-2-7-12(11)16-13/h3-5,8,11-13,15H,1-2,6-7H2/t11-,12+,13+/m0/s1. The Labute approximate surface area is 101 Å². The van der Waals surface area contributed by atoms with Crippen LogP contribution < -0.4 is 5.32 Å². The van der Waals surface area contributed by atoms with Crippen molar-refractivity contribution in [2.75, 3.05) is 0 Å². The Kier molecular flexibility index (Phi) is 2.88. The van der Waals surface area contributed by atoms with Gasteiger partial charge in [-0.2, -0.15) is 0 Å². The molecule has 2 aliphatic rings. The summed E-state index contributed by atoms with van der Waals surface area (Å²) in [6.07, 6.45) is 5.48. The number of ether oxygens (including phenoxy) is 1. The fourth-order valence-corrected chi connectivity index (χ4v) is 2.90. The van der Waals surface area contributed by atoms with Gasteiger partial charge in [0.15, 0.2) is 0 Å². The summed E-state index contributed by atoms with van der Waals surface area (Å²) in [6, 6.07) is 8.47. The van der Waals surface area contributed by atoms with Crippen LogP contribution in [0.25, 0.3) is 0 Å². The lowest BCUT2D eigenvalue weighted by Gasteiger charge is -2.22. The molecule has 1 saturated heterocycles. The molecule has 1 heterocycles. The van der Waals surface area contributed by atoms with Gasteiger partial charge in [0.2, 0.25) is 0 Å². The van der Waals surface area contributed by atoms with Crippen LogP contribution in [0.2, 0.25) is 5.02 Å². The first-order chi connectivity index (χ1) is 7.83. The molecule has 3 heteroatoms. The maximum Gasteiger partial charge on any atom is 0.135 e. The van der Waals surface area contributed by atoms with Crippen LogP contribution in [0.4, 0.5) is 0 Å². The van der Waals surface area contributed by atoms with Crippen LogP contribution in [0.5, 0.6) is 0 Å². The van der Waals surface area contributed by atoms with Gasteiger partial charge in [0.1, 0.15) is 6.23 Å². The smallest absolute Gasteiger partial charge is 0.135 e. The Morgan fingerprint density at radius 3 is 2.94 bits per heavy atom. The molecular formula is C13H16ClNO. The fraction of sp³-hybridized carbons (Fsp3) is 0.538. The first kappa shape index (κ1) is 10.6. The van der Waals surface area contributed by atoms with Crippen LogP contribution in [0.1, 0.15) is 37.5 Å². The van der Waals surface area contributed by atoms with E-state index in [9.17, 15) is 0 Å². The average Bonchev–Trinajstić information content (AvgIpc) is 2.72. The Morgan fingerprint density at radius 1 is 1.25 bits per heavy atom. The van der Waals surface area contributed by atoms with Crippen molar-refractivity contribution in [2.24, 2.45) is 0 Å². The number of rotatable bonds is 1. The second kappa shape index (κ2) is 4.36. The molecular weight excluding hydrogens is 222 g/mol. The highest BCUT2D eigenvalue weighted by molar-refractivity contribution is 6.30. The summed E-state index contributed by atoms with van der Waals surface area (Å²) in [5.41, 5.74) is 1.14. The van der Waals surface area contributed by atoms with Crippen LogP contribution in [-0.4, -0.2) is 12.1 Å². The number of hydrogen-bond acceptors (Lipinski definition) is 2. The molecule has 0 spiro atoms. The summed E-state index contributed by atoms with van der Waals surface area (Å²) < 4.78 is 6.04. The van der Waals surface area contributed by atoms with Gasteiger partial charge in [0, 0.05) is 11.1 Å². The number of halogens is 1. The van der Waals surface area contributed by atoms with E-state index < -0.39 is 0 Å². The minimum atomic E-state index is 0.0341. The van der Waals surface area contributed by atoms with Crippen molar-refractivity contribution in [2.45, 2.75) is 44.1 Å². The van der Waals surface area contributed by atoms with E-state index in [0.29, 0.717) is 12.1 Å². The molecule has 0 amide bonds. The topological polar surface area (TPSA) is 21.3 Å². The molecule has 0 unspecified atom stereocenters. The maximum atomic E-state index is 6.04. The Morgan fingerprint density at radius 2 is 2.12 bits per heavy atom. The third-order valence-electron chi connectivity index (χ3n) is 3.53. The SMILES string of the molecule is Clc1cccc([C@@H]2N[C@H]3CCCC[C@H]3O2)c1. The van der Waals surface area contributed by atoms with Gasteiger partial charge in [-0.1, -0.05) is 36.6 Å². The molecule has 16 heavy (non-hydrogen) atoms. The van der Waals surface area contributed by atoms with E-state index in [1.54, 1.807) is 0 Å². The van der Waals surface area contributed by atoms with Gasteiger partial charge in [0.05, 0.1) is 6.10 Å². The Bertz CT molecular complexity index is 368. The van der Waals surface area contributed by atoms with Crippen molar-refractivity contribution in [3.63, 3.8) is 0 Å². The summed E-state index contributed by atoms with van der Waals surface area (Å²) in [7, 11) is 0. The average molecular weight is 238 g/mol. The molecule has 3 atom stereocenters. The van der Waals surface area contributed by atoms with Crippen LogP contribution >= 0.6 is 11.6 Å². The summed E-state index contributed by atoms with van der Waals surface area (Å²) in [4.78, 5) is 0. The summed E-state index contributed by atoms with van der Waals surface area (Å²) in [5, 5.41) is 4.33. The van der Waals surface area contributed by atoms with Crippen LogP contribution in [0.3, 0.4) is 0 Å². The second-order valence-electron chi connectivity index (χ2n) is 4.67. The number of nitrogens with one attached hydrogen (secondary N) is 1. The molecule has 2 nitrogen and oxygen atoms in total. The molecule has 1 aliphatic heterocycles. The molecule has 1 aliphatic carbocycles. The number of fused-ring (bicyclic) bond motifs is 1. The zero-order chi connectivity index (χ0) is 11.0. The highest BCUT2D eigenvalue weighted by Gasteiger charge is 2.36. The second-order valence-corrected chi connectivity index (χ2v) is 5.10. The number of hydrogen-bond donors (Lipinski definition) is 1. The lowest BCUT2D eigenvalue weighted by Crippen LogP contribution is -2.33. The van der Waals surface area contributed by atoms with E-state index in [4.69, 9.17) is 16.3 Å². The third kappa shape index (κ3) is 1.97. The molecule has 1 N–H and O–H groups in total. The molecule has 0 radical (unpaired) electrons. The molecule has 1 aromatic carbocycles. The molecule has 1 aromatic rings. The highest BCUT2D eigenvalue weighted by Crippen LogP contribution is 2.33. The quantitative estimate of drug-likeness (QED) is 0.810. The maximum absolute atomic E-state index is 6.04. The predicted octanol–water partition coefficient (Wildman–Crippen LogP) is 3.27. The van der Waals surface area contributed by atoms with Gasteiger partial charge < -0.3 is 4.74 Å². The van der Waals surface area contributed by atoms with Gasteiger partial charge in [-0.05, 0) is 30.5 Å². The van der Waals surface area contributed by atoms with E-state index >= 15 is 0 Å². The highest BCUT2D eigenvalue weighted by atomic mass is 35.5. The van der Waals surface area contributed by atoms with Crippen molar-refractivity contribution >= 4 is 11.6 Å². The van der Waals surface area contributed by atoms with Gasteiger partial charge in [0.25, 0.3) is 0 Å².